The quantitative estimate of drug-likeness (QED) is 0.363. The van der Waals surface area contributed by atoms with Crippen molar-refractivity contribution < 1.29 is 14.3 Å². The van der Waals surface area contributed by atoms with Gasteiger partial charge in [0.05, 0.1) is 18.6 Å². The van der Waals surface area contributed by atoms with E-state index >= 15 is 0 Å². The highest BCUT2D eigenvalue weighted by Gasteiger charge is 2.26. The number of hydrogen-bond acceptors (Lipinski definition) is 5. The van der Waals surface area contributed by atoms with Gasteiger partial charge in [0.2, 0.25) is 11.8 Å². The molecule has 0 radical (unpaired) electrons. The van der Waals surface area contributed by atoms with Crippen LogP contribution in [0.1, 0.15) is 35.1 Å². The summed E-state index contributed by atoms with van der Waals surface area (Å²) in [6.07, 6.45) is 0.399. The van der Waals surface area contributed by atoms with Crippen LogP contribution in [0.2, 0.25) is 0 Å². The third-order valence-corrected chi connectivity index (χ3v) is 6.08. The Hall–Kier alpha value is -3.68. The molecule has 0 fully saturated rings. The number of nitrogens with one attached hydrogen (secondary N) is 1. The Balaban J connectivity index is 1.64. The van der Waals surface area contributed by atoms with Gasteiger partial charge < -0.3 is 26.4 Å². The SMILES string of the molecule is CCOc1ccc(C[C@@H](N)C(=O)N(C)C[C@H](C(=O)NCc2ccc(CN)cc2)c2ccccc2)cc1. The molecular formula is C29H36N4O3. The number of carbonyl (C=O) groups excluding carboxylic acids is 2. The first-order valence-electron chi connectivity index (χ1n) is 12.2. The molecule has 0 aromatic heterocycles. The summed E-state index contributed by atoms with van der Waals surface area (Å²) in [4.78, 5) is 27.9. The fourth-order valence-corrected chi connectivity index (χ4v) is 4.01. The lowest BCUT2D eigenvalue weighted by Gasteiger charge is -2.26. The van der Waals surface area contributed by atoms with Gasteiger partial charge in [-0.1, -0.05) is 66.7 Å². The van der Waals surface area contributed by atoms with Crippen LogP contribution in [0.5, 0.6) is 5.75 Å². The van der Waals surface area contributed by atoms with Crippen LogP contribution >= 0.6 is 0 Å². The van der Waals surface area contributed by atoms with Crippen molar-refractivity contribution in [1.29, 1.82) is 0 Å². The van der Waals surface area contributed by atoms with E-state index in [1.807, 2.05) is 85.8 Å². The zero-order valence-corrected chi connectivity index (χ0v) is 21.0. The van der Waals surface area contributed by atoms with Crippen LogP contribution in [0.15, 0.2) is 78.9 Å². The van der Waals surface area contributed by atoms with Crippen LogP contribution in [-0.4, -0.2) is 43.0 Å². The summed E-state index contributed by atoms with van der Waals surface area (Å²) in [5.41, 5.74) is 15.7. The largest absolute Gasteiger partial charge is 0.494 e. The third kappa shape index (κ3) is 7.66. The Kier molecular flexibility index (Phi) is 10.0. The molecule has 0 unspecified atom stereocenters. The van der Waals surface area contributed by atoms with Crippen molar-refractivity contribution in [2.45, 2.75) is 38.4 Å². The van der Waals surface area contributed by atoms with E-state index < -0.39 is 12.0 Å². The lowest BCUT2D eigenvalue weighted by Crippen LogP contribution is -2.46. The molecule has 2 amide bonds. The standard InChI is InChI=1S/C29H36N4O3/c1-3-36-25-15-13-21(14-16-25)17-27(31)29(35)33(2)20-26(24-7-5-4-6-8-24)28(34)32-19-23-11-9-22(18-30)10-12-23/h4-16,26-27H,3,17-20,30-31H2,1-2H3,(H,32,34)/t26-,27+/m0/s1. The first kappa shape index (κ1) is 26.9. The molecule has 0 aliphatic carbocycles. The number of likely N-dealkylation sites (N-methyl/N-ethyl adjacent to an activating group) is 1. The van der Waals surface area contributed by atoms with Gasteiger partial charge in [-0.2, -0.15) is 0 Å². The van der Waals surface area contributed by atoms with Crippen LogP contribution in [-0.2, 0) is 29.1 Å². The van der Waals surface area contributed by atoms with Crippen molar-refractivity contribution in [2.24, 2.45) is 11.5 Å². The van der Waals surface area contributed by atoms with E-state index in [9.17, 15) is 9.59 Å². The molecule has 5 N–H and O–H groups in total. The van der Waals surface area contributed by atoms with Crippen molar-refractivity contribution >= 4 is 11.8 Å². The van der Waals surface area contributed by atoms with Crippen LogP contribution in [0, 0.1) is 0 Å². The monoisotopic (exact) mass is 488 g/mol. The fraction of sp³-hybridized carbons (Fsp3) is 0.310. The number of nitrogens with zero attached hydrogens (tertiary/aromatic N) is 1. The highest BCUT2D eigenvalue weighted by molar-refractivity contribution is 5.86. The molecule has 2 atom stereocenters. The molecule has 7 heteroatoms. The molecule has 190 valence electrons. The van der Waals surface area contributed by atoms with E-state index in [2.05, 4.69) is 5.32 Å². The van der Waals surface area contributed by atoms with E-state index in [-0.39, 0.29) is 18.4 Å². The summed E-state index contributed by atoms with van der Waals surface area (Å²) in [5, 5.41) is 3.01. The minimum atomic E-state index is -0.714. The normalized spacial score (nSPS) is 12.4. The van der Waals surface area contributed by atoms with Gasteiger partial charge in [0, 0.05) is 26.7 Å². The van der Waals surface area contributed by atoms with Crippen molar-refractivity contribution in [3.05, 3.63) is 101 Å². The highest BCUT2D eigenvalue weighted by Crippen LogP contribution is 2.19. The van der Waals surface area contributed by atoms with Gasteiger partial charge in [0.25, 0.3) is 0 Å². The summed E-state index contributed by atoms with van der Waals surface area (Å²) >= 11 is 0. The molecule has 3 aromatic carbocycles. The number of rotatable bonds is 12. The first-order chi connectivity index (χ1) is 17.4. The minimum Gasteiger partial charge on any atom is -0.494 e. The zero-order valence-electron chi connectivity index (χ0n) is 21.0. The van der Waals surface area contributed by atoms with E-state index in [4.69, 9.17) is 16.2 Å². The Morgan fingerprint density at radius 3 is 2.14 bits per heavy atom. The van der Waals surface area contributed by atoms with Gasteiger partial charge in [-0.05, 0) is 47.7 Å². The van der Waals surface area contributed by atoms with Crippen molar-refractivity contribution in [2.75, 3.05) is 20.2 Å². The molecule has 3 rings (SSSR count). The lowest BCUT2D eigenvalue weighted by molar-refractivity contribution is -0.132. The van der Waals surface area contributed by atoms with Crippen LogP contribution in [0.3, 0.4) is 0 Å². The molecule has 36 heavy (non-hydrogen) atoms. The summed E-state index contributed by atoms with van der Waals surface area (Å²) in [7, 11) is 1.69. The topological polar surface area (TPSA) is 111 Å². The van der Waals surface area contributed by atoms with Gasteiger partial charge >= 0.3 is 0 Å². The summed E-state index contributed by atoms with van der Waals surface area (Å²) in [6, 6.07) is 24.2. The maximum absolute atomic E-state index is 13.2. The molecule has 0 spiro atoms. The molecule has 0 saturated heterocycles. The van der Waals surface area contributed by atoms with Gasteiger partial charge in [-0.3, -0.25) is 9.59 Å². The van der Waals surface area contributed by atoms with Gasteiger partial charge in [0.15, 0.2) is 0 Å². The second-order valence-electron chi connectivity index (χ2n) is 8.81. The van der Waals surface area contributed by atoms with Crippen LogP contribution in [0.4, 0.5) is 0 Å². The predicted molar refractivity (Wildman–Crippen MR) is 142 cm³/mol. The molecule has 7 nitrogen and oxygen atoms in total. The number of hydrogen-bond donors (Lipinski definition) is 3. The van der Waals surface area contributed by atoms with E-state index in [0.717, 1.165) is 28.0 Å². The van der Waals surface area contributed by atoms with Gasteiger partial charge in [-0.15, -0.1) is 0 Å². The molecule has 3 aromatic rings. The van der Waals surface area contributed by atoms with Crippen LogP contribution in [0.25, 0.3) is 0 Å². The number of benzene rings is 3. The molecule has 0 bridgehead atoms. The average molecular weight is 489 g/mol. The smallest absolute Gasteiger partial charge is 0.239 e. The predicted octanol–water partition coefficient (Wildman–Crippen LogP) is 2.97. The molecular weight excluding hydrogens is 452 g/mol. The number of carbonyl (C=O) groups is 2. The Labute approximate surface area is 213 Å². The molecule has 0 aliphatic heterocycles. The molecule has 0 aliphatic rings. The Morgan fingerprint density at radius 1 is 0.917 bits per heavy atom. The van der Waals surface area contributed by atoms with Crippen LogP contribution < -0.4 is 21.5 Å². The second kappa shape index (κ2) is 13.4. The number of amides is 2. The first-order valence-corrected chi connectivity index (χ1v) is 12.2. The average Bonchev–Trinajstić information content (AvgIpc) is 2.91. The highest BCUT2D eigenvalue weighted by atomic mass is 16.5. The molecule has 0 heterocycles. The molecule has 0 saturated carbocycles. The number of nitrogens with two attached hydrogens (primary N) is 2. The second-order valence-corrected chi connectivity index (χ2v) is 8.81. The third-order valence-electron chi connectivity index (χ3n) is 6.08. The van der Waals surface area contributed by atoms with Crippen molar-refractivity contribution in [1.82, 2.24) is 10.2 Å². The summed E-state index contributed by atoms with van der Waals surface area (Å²) < 4.78 is 5.47. The van der Waals surface area contributed by atoms with E-state index in [1.54, 1.807) is 11.9 Å². The fourth-order valence-electron chi connectivity index (χ4n) is 4.01. The summed E-state index contributed by atoms with van der Waals surface area (Å²) in [5.74, 6) is -0.106. The van der Waals surface area contributed by atoms with Crippen molar-refractivity contribution in [3.63, 3.8) is 0 Å². The Bertz CT molecular complexity index is 1100. The van der Waals surface area contributed by atoms with Gasteiger partial charge in [-0.25, -0.2) is 0 Å². The van der Waals surface area contributed by atoms with E-state index in [0.29, 0.717) is 26.1 Å². The maximum atomic E-state index is 13.2. The lowest BCUT2D eigenvalue weighted by atomic mass is 9.96. The maximum Gasteiger partial charge on any atom is 0.239 e. The number of ether oxygens (including phenoxy) is 1. The zero-order chi connectivity index (χ0) is 25.9. The Morgan fingerprint density at radius 2 is 1.53 bits per heavy atom. The van der Waals surface area contributed by atoms with Gasteiger partial charge in [0.1, 0.15) is 5.75 Å². The minimum absolute atomic E-state index is 0.149. The van der Waals surface area contributed by atoms with Crippen molar-refractivity contribution in [3.8, 4) is 5.75 Å². The van der Waals surface area contributed by atoms with E-state index in [1.165, 1.54) is 0 Å². The summed E-state index contributed by atoms with van der Waals surface area (Å²) in [6.45, 7) is 3.61.